The summed E-state index contributed by atoms with van der Waals surface area (Å²) in [7, 11) is -2.30. The molecule has 1 unspecified atom stereocenters. The summed E-state index contributed by atoms with van der Waals surface area (Å²) in [4.78, 5) is 15.2. The molecule has 1 aliphatic rings. The molecule has 0 bridgehead atoms. The van der Waals surface area contributed by atoms with E-state index >= 15 is 0 Å². The molecule has 1 heterocycles. The van der Waals surface area contributed by atoms with E-state index in [4.69, 9.17) is 9.47 Å². The Labute approximate surface area is 191 Å². The monoisotopic (exact) mass is 460 g/mol. The fraction of sp³-hybridized carbons (Fsp3) is 0.458. The molecule has 1 amide bonds. The number of morpholine rings is 1. The van der Waals surface area contributed by atoms with Crippen LogP contribution in [0.5, 0.6) is 5.75 Å². The van der Waals surface area contributed by atoms with E-state index in [1.165, 1.54) is 11.4 Å². The number of benzene rings is 2. The van der Waals surface area contributed by atoms with Gasteiger partial charge in [-0.25, -0.2) is 8.42 Å². The van der Waals surface area contributed by atoms with Gasteiger partial charge in [0.25, 0.3) is 0 Å². The van der Waals surface area contributed by atoms with Crippen LogP contribution in [0.1, 0.15) is 31.4 Å². The van der Waals surface area contributed by atoms with Gasteiger partial charge in [-0.2, -0.15) is 4.31 Å². The lowest BCUT2D eigenvalue weighted by Crippen LogP contribution is -2.40. The van der Waals surface area contributed by atoms with Gasteiger partial charge in [-0.1, -0.05) is 43.3 Å². The van der Waals surface area contributed by atoms with E-state index < -0.39 is 10.0 Å². The Bertz CT molecular complexity index is 1000. The Morgan fingerprint density at radius 2 is 1.81 bits per heavy atom. The molecular formula is C24H32N2O5S. The Balaban J connectivity index is 1.85. The molecule has 3 rings (SSSR count). The lowest BCUT2D eigenvalue weighted by molar-refractivity contribution is -0.133. The molecule has 7 nitrogen and oxygen atoms in total. The first-order chi connectivity index (χ1) is 15.4. The van der Waals surface area contributed by atoms with Gasteiger partial charge in [0.2, 0.25) is 15.9 Å². The van der Waals surface area contributed by atoms with E-state index in [0.717, 1.165) is 12.0 Å². The molecule has 0 saturated carbocycles. The summed E-state index contributed by atoms with van der Waals surface area (Å²) < 4.78 is 38.5. The number of hydrogen-bond acceptors (Lipinski definition) is 5. The highest BCUT2D eigenvalue weighted by Crippen LogP contribution is 2.29. The van der Waals surface area contributed by atoms with Gasteiger partial charge >= 0.3 is 0 Å². The SMILES string of the molecule is CCC(C)N(Cc1ccccc1)C(=O)Cc1ccc(OC)c(S(=O)(=O)N2CCOCC2)c1. The number of carbonyl (C=O) groups excluding carboxylic acids is 1. The molecule has 0 N–H and O–H groups in total. The summed E-state index contributed by atoms with van der Waals surface area (Å²) in [5.41, 5.74) is 1.70. The van der Waals surface area contributed by atoms with E-state index in [-0.39, 0.29) is 29.0 Å². The van der Waals surface area contributed by atoms with Gasteiger partial charge in [0.05, 0.1) is 26.7 Å². The van der Waals surface area contributed by atoms with Crippen LogP contribution < -0.4 is 4.74 Å². The number of rotatable bonds is 9. The van der Waals surface area contributed by atoms with Gasteiger partial charge in [0, 0.05) is 25.7 Å². The molecule has 0 spiro atoms. The number of carbonyl (C=O) groups is 1. The molecule has 2 aromatic rings. The van der Waals surface area contributed by atoms with Crippen molar-refractivity contribution in [1.29, 1.82) is 0 Å². The maximum Gasteiger partial charge on any atom is 0.246 e. The molecule has 2 aromatic carbocycles. The van der Waals surface area contributed by atoms with Crippen LogP contribution in [0, 0.1) is 0 Å². The van der Waals surface area contributed by atoms with Crippen LogP contribution in [0.25, 0.3) is 0 Å². The predicted octanol–water partition coefficient (Wildman–Crippen LogP) is 3.09. The van der Waals surface area contributed by atoms with Gasteiger partial charge < -0.3 is 14.4 Å². The van der Waals surface area contributed by atoms with Crippen LogP contribution in [-0.4, -0.2) is 63.0 Å². The minimum atomic E-state index is -3.75. The first-order valence-corrected chi connectivity index (χ1v) is 12.4. The molecule has 0 aliphatic carbocycles. The smallest absolute Gasteiger partial charge is 0.246 e. The summed E-state index contributed by atoms with van der Waals surface area (Å²) in [6.45, 7) is 5.93. The van der Waals surface area contributed by atoms with E-state index in [2.05, 4.69) is 6.92 Å². The summed E-state index contributed by atoms with van der Waals surface area (Å²) in [6.07, 6.45) is 0.949. The van der Waals surface area contributed by atoms with Crippen LogP contribution in [0.2, 0.25) is 0 Å². The lowest BCUT2D eigenvalue weighted by Gasteiger charge is -2.29. The van der Waals surface area contributed by atoms with E-state index in [1.54, 1.807) is 18.2 Å². The summed E-state index contributed by atoms with van der Waals surface area (Å²) in [5, 5.41) is 0. The Hall–Kier alpha value is -2.42. The summed E-state index contributed by atoms with van der Waals surface area (Å²) in [6, 6.07) is 14.9. The van der Waals surface area contributed by atoms with E-state index in [9.17, 15) is 13.2 Å². The predicted molar refractivity (Wildman–Crippen MR) is 123 cm³/mol. The third-order valence-electron chi connectivity index (χ3n) is 5.81. The van der Waals surface area contributed by atoms with Gasteiger partial charge in [-0.15, -0.1) is 0 Å². The zero-order valence-electron chi connectivity index (χ0n) is 19.0. The second kappa shape index (κ2) is 10.9. The minimum Gasteiger partial charge on any atom is -0.495 e. The Kier molecular flexibility index (Phi) is 8.28. The number of ether oxygens (including phenoxy) is 2. The Morgan fingerprint density at radius 1 is 1.12 bits per heavy atom. The second-order valence-electron chi connectivity index (χ2n) is 7.94. The average Bonchev–Trinajstić information content (AvgIpc) is 2.83. The van der Waals surface area contributed by atoms with E-state index in [0.29, 0.717) is 38.4 Å². The van der Waals surface area contributed by atoms with Gasteiger partial charge in [0.1, 0.15) is 10.6 Å². The number of methoxy groups -OCH3 is 1. The first kappa shape index (κ1) is 24.2. The highest BCUT2D eigenvalue weighted by Gasteiger charge is 2.30. The average molecular weight is 461 g/mol. The molecule has 32 heavy (non-hydrogen) atoms. The van der Waals surface area contributed by atoms with Crippen molar-refractivity contribution in [2.75, 3.05) is 33.4 Å². The van der Waals surface area contributed by atoms with Gasteiger partial charge in [-0.05, 0) is 36.6 Å². The first-order valence-electron chi connectivity index (χ1n) is 10.9. The molecule has 0 aromatic heterocycles. The third kappa shape index (κ3) is 5.68. The van der Waals surface area contributed by atoms with Crippen molar-refractivity contribution in [3.63, 3.8) is 0 Å². The van der Waals surface area contributed by atoms with Crippen molar-refractivity contribution in [2.24, 2.45) is 0 Å². The third-order valence-corrected chi connectivity index (χ3v) is 7.73. The second-order valence-corrected chi connectivity index (χ2v) is 9.85. The fourth-order valence-electron chi connectivity index (χ4n) is 3.73. The molecule has 1 fully saturated rings. The number of nitrogens with zero attached hydrogens (tertiary/aromatic N) is 2. The maximum absolute atomic E-state index is 13.3. The highest BCUT2D eigenvalue weighted by molar-refractivity contribution is 7.89. The van der Waals surface area contributed by atoms with Crippen LogP contribution in [-0.2, 0) is 32.5 Å². The van der Waals surface area contributed by atoms with Crippen LogP contribution in [0.4, 0.5) is 0 Å². The van der Waals surface area contributed by atoms with E-state index in [1.807, 2.05) is 42.2 Å². The van der Waals surface area contributed by atoms with Gasteiger partial charge in [0.15, 0.2) is 0 Å². The van der Waals surface area contributed by atoms with Crippen LogP contribution >= 0.6 is 0 Å². The highest BCUT2D eigenvalue weighted by atomic mass is 32.2. The quantitative estimate of drug-likeness (QED) is 0.575. The number of amides is 1. The van der Waals surface area contributed by atoms with Gasteiger partial charge in [-0.3, -0.25) is 4.79 Å². The molecule has 1 saturated heterocycles. The largest absolute Gasteiger partial charge is 0.495 e. The normalized spacial score (nSPS) is 15.8. The standard InChI is InChI=1S/C24H32N2O5S/c1-4-19(2)26(18-20-8-6-5-7-9-20)24(27)17-21-10-11-22(30-3)23(16-21)32(28,29)25-12-14-31-15-13-25/h5-11,16,19H,4,12-15,17-18H2,1-3H3. The molecular weight excluding hydrogens is 428 g/mol. The topological polar surface area (TPSA) is 76.2 Å². The zero-order valence-corrected chi connectivity index (χ0v) is 19.8. The number of sulfonamides is 1. The molecule has 8 heteroatoms. The molecule has 174 valence electrons. The zero-order chi connectivity index (χ0) is 23.1. The van der Waals surface area contributed by atoms with Crippen molar-refractivity contribution >= 4 is 15.9 Å². The summed E-state index contributed by atoms with van der Waals surface area (Å²) >= 11 is 0. The minimum absolute atomic E-state index is 0.0388. The lowest BCUT2D eigenvalue weighted by atomic mass is 10.1. The summed E-state index contributed by atoms with van der Waals surface area (Å²) in [5.74, 6) is 0.235. The van der Waals surface area contributed by atoms with Crippen molar-refractivity contribution in [3.05, 3.63) is 59.7 Å². The molecule has 0 radical (unpaired) electrons. The molecule has 1 aliphatic heterocycles. The molecule has 1 atom stereocenters. The fourth-order valence-corrected chi connectivity index (χ4v) is 5.34. The van der Waals surface area contributed by atoms with Crippen molar-refractivity contribution < 1.29 is 22.7 Å². The van der Waals surface area contributed by atoms with Crippen LogP contribution in [0.3, 0.4) is 0 Å². The maximum atomic E-state index is 13.3. The van der Waals surface area contributed by atoms with Crippen molar-refractivity contribution in [1.82, 2.24) is 9.21 Å². The van der Waals surface area contributed by atoms with Crippen molar-refractivity contribution in [2.45, 2.75) is 44.2 Å². The number of hydrogen-bond donors (Lipinski definition) is 0. The van der Waals surface area contributed by atoms with Crippen molar-refractivity contribution in [3.8, 4) is 5.75 Å². The Morgan fingerprint density at radius 3 is 2.44 bits per heavy atom. The van der Waals surface area contributed by atoms with Crippen LogP contribution in [0.15, 0.2) is 53.4 Å².